The van der Waals surface area contributed by atoms with Crippen LogP contribution >= 0.6 is 27.3 Å². The first-order valence-corrected chi connectivity index (χ1v) is 7.87. The van der Waals surface area contributed by atoms with Crippen molar-refractivity contribution in [1.82, 2.24) is 10.3 Å². The quantitative estimate of drug-likeness (QED) is 0.735. The number of fused-ring (bicyclic) bond motifs is 3. The Bertz CT molecular complexity index is 577. The lowest BCUT2D eigenvalue weighted by Crippen LogP contribution is -2.13. The highest BCUT2D eigenvalue weighted by atomic mass is 79.9. The number of hydrogen-bond acceptors (Lipinski definition) is 3. The van der Waals surface area contributed by atoms with Crippen LogP contribution in [0.15, 0.2) is 22.7 Å². The van der Waals surface area contributed by atoms with Gasteiger partial charge >= 0.3 is 0 Å². The maximum absolute atomic E-state index is 4.78. The molecular weight excluding hydrogens is 308 g/mol. The fraction of sp³-hybridized carbons (Fsp3) is 0.357. The van der Waals surface area contributed by atoms with Crippen LogP contribution in [0.3, 0.4) is 0 Å². The van der Waals surface area contributed by atoms with Crippen molar-refractivity contribution >= 4 is 27.3 Å². The van der Waals surface area contributed by atoms with Gasteiger partial charge in [-0.3, -0.25) is 0 Å². The molecule has 1 aliphatic carbocycles. The Hall–Kier alpha value is -0.710. The Labute approximate surface area is 120 Å². The lowest BCUT2D eigenvalue weighted by atomic mass is 10.1. The molecule has 2 nitrogen and oxygen atoms in total. The number of rotatable bonds is 4. The number of benzene rings is 1. The molecule has 0 fully saturated rings. The van der Waals surface area contributed by atoms with E-state index < -0.39 is 0 Å². The summed E-state index contributed by atoms with van der Waals surface area (Å²) in [5.41, 5.74) is 3.89. The maximum atomic E-state index is 4.78. The van der Waals surface area contributed by atoms with Crippen LogP contribution in [0.2, 0.25) is 0 Å². The van der Waals surface area contributed by atoms with Crippen molar-refractivity contribution in [2.24, 2.45) is 0 Å². The molecule has 0 saturated carbocycles. The van der Waals surface area contributed by atoms with E-state index in [4.69, 9.17) is 4.98 Å². The van der Waals surface area contributed by atoms with Crippen molar-refractivity contribution in [3.8, 4) is 11.3 Å². The number of halogens is 1. The molecule has 0 amide bonds. The monoisotopic (exact) mass is 322 g/mol. The lowest BCUT2D eigenvalue weighted by Gasteiger charge is -2.02. The van der Waals surface area contributed by atoms with Crippen LogP contribution < -0.4 is 5.32 Å². The molecule has 1 aromatic carbocycles. The zero-order valence-corrected chi connectivity index (χ0v) is 12.7. The van der Waals surface area contributed by atoms with Gasteiger partial charge < -0.3 is 5.32 Å². The Morgan fingerprint density at radius 3 is 3.17 bits per heavy atom. The molecule has 0 spiro atoms. The molecule has 1 aliphatic rings. The van der Waals surface area contributed by atoms with Crippen molar-refractivity contribution in [1.29, 1.82) is 0 Å². The van der Waals surface area contributed by atoms with E-state index in [1.165, 1.54) is 37.6 Å². The third-order valence-corrected chi connectivity index (χ3v) is 4.95. The van der Waals surface area contributed by atoms with Gasteiger partial charge in [0.05, 0.1) is 5.69 Å². The lowest BCUT2D eigenvalue weighted by molar-refractivity contribution is 0.673. The van der Waals surface area contributed by atoms with Crippen LogP contribution in [-0.2, 0) is 13.0 Å². The molecule has 3 rings (SSSR count). The average Bonchev–Trinajstić information content (AvgIpc) is 2.88. The molecule has 2 aromatic rings. The van der Waals surface area contributed by atoms with Crippen LogP contribution in [0.25, 0.3) is 11.3 Å². The predicted octanol–water partition coefficient (Wildman–Crippen LogP) is 3.98. The molecule has 1 aromatic heterocycles. The molecule has 0 aliphatic heterocycles. The Morgan fingerprint density at radius 2 is 2.33 bits per heavy atom. The fourth-order valence-electron chi connectivity index (χ4n) is 2.30. The van der Waals surface area contributed by atoms with Gasteiger partial charge in [0, 0.05) is 27.9 Å². The number of hydrogen-bond donors (Lipinski definition) is 1. The highest BCUT2D eigenvalue weighted by Gasteiger charge is 2.24. The third kappa shape index (κ3) is 2.13. The highest BCUT2D eigenvalue weighted by molar-refractivity contribution is 9.10. The molecule has 1 heterocycles. The minimum atomic E-state index is 0.898. The van der Waals surface area contributed by atoms with Gasteiger partial charge in [0.1, 0.15) is 5.01 Å². The summed E-state index contributed by atoms with van der Waals surface area (Å²) >= 11 is 5.47. The Balaban J connectivity index is 1.87. The van der Waals surface area contributed by atoms with Crippen molar-refractivity contribution in [3.05, 3.63) is 38.1 Å². The van der Waals surface area contributed by atoms with Crippen molar-refractivity contribution in [2.75, 3.05) is 6.54 Å². The predicted molar refractivity (Wildman–Crippen MR) is 80.1 cm³/mol. The Morgan fingerprint density at radius 1 is 1.44 bits per heavy atom. The largest absolute Gasteiger partial charge is 0.310 e. The topological polar surface area (TPSA) is 24.9 Å². The summed E-state index contributed by atoms with van der Waals surface area (Å²) in [4.78, 5) is 6.19. The first kappa shape index (κ1) is 12.3. The zero-order chi connectivity index (χ0) is 12.5. The van der Waals surface area contributed by atoms with Crippen LogP contribution in [0.1, 0.15) is 28.8 Å². The van der Waals surface area contributed by atoms with Gasteiger partial charge in [-0.1, -0.05) is 35.0 Å². The van der Waals surface area contributed by atoms with Gasteiger partial charge in [-0.2, -0.15) is 0 Å². The van der Waals surface area contributed by atoms with Gasteiger partial charge in [0.2, 0.25) is 0 Å². The van der Waals surface area contributed by atoms with E-state index in [2.05, 4.69) is 46.4 Å². The van der Waals surface area contributed by atoms with Gasteiger partial charge in [-0.25, -0.2) is 4.98 Å². The normalized spacial score (nSPS) is 12.6. The summed E-state index contributed by atoms with van der Waals surface area (Å²) in [5, 5.41) is 4.62. The molecule has 0 radical (unpaired) electrons. The van der Waals surface area contributed by atoms with E-state index in [-0.39, 0.29) is 0 Å². The van der Waals surface area contributed by atoms with Crippen LogP contribution in [0, 0.1) is 0 Å². The maximum Gasteiger partial charge on any atom is 0.107 e. The van der Waals surface area contributed by atoms with Crippen molar-refractivity contribution in [3.63, 3.8) is 0 Å². The zero-order valence-electron chi connectivity index (χ0n) is 10.3. The number of nitrogens with zero attached hydrogens (tertiary/aromatic N) is 1. The summed E-state index contributed by atoms with van der Waals surface area (Å²) in [6, 6.07) is 6.38. The van der Waals surface area contributed by atoms with E-state index >= 15 is 0 Å². The highest BCUT2D eigenvalue weighted by Crippen LogP contribution is 2.42. The fourth-order valence-corrected chi connectivity index (χ4v) is 3.87. The number of thiazole rings is 1. The third-order valence-electron chi connectivity index (χ3n) is 3.16. The standard InChI is InChI=1S/C14H15BrN2S/c1-2-6-16-8-13-17-14-9-4-3-5-11(15)10(9)7-12(14)18-13/h3-5,16H,2,6-8H2,1H3. The Kier molecular flexibility index (Phi) is 3.50. The smallest absolute Gasteiger partial charge is 0.107 e. The molecule has 0 bridgehead atoms. The van der Waals surface area contributed by atoms with Crippen LogP contribution in [-0.4, -0.2) is 11.5 Å². The molecule has 4 heteroatoms. The van der Waals surface area contributed by atoms with E-state index in [9.17, 15) is 0 Å². The van der Waals surface area contributed by atoms with Crippen LogP contribution in [0.4, 0.5) is 0 Å². The summed E-state index contributed by atoms with van der Waals surface area (Å²) in [7, 11) is 0. The minimum Gasteiger partial charge on any atom is -0.310 e. The van der Waals surface area contributed by atoms with Gasteiger partial charge in [-0.05, 0) is 24.6 Å². The van der Waals surface area contributed by atoms with E-state index in [0.717, 1.165) is 19.5 Å². The van der Waals surface area contributed by atoms with E-state index in [0.29, 0.717) is 0 Å². The summed E-state index contributed by atoms with van der Waals surface area (Å²) in [6.45, 7) is 4.14. The van der Waals surface area contributed by atoms with Crippen molar-refractivity contribution in [2.45, 2.75) is 26.3 Å². The molecule has 94 valence electrons. The molecule has 0 saturated heterocycles. The SMILES string of the molecule is CCCNCc1nc2c(s1)Cc1c(Br)cccc1-2. The second-order valence-electron chi connectivity index (χ2n) is 4.50. The second kappa shape index (κ2) is 5.11. The molecule has 18 heavy (non-hydrogen) atoms. The molecular formula is C14H15BrN2S. The number of nitrogens with one attached hydrogen (secondary N) is 1. The van der Waals surface area contributed by atoms with Gasteiger partial charge in [0.15, 0.2) is 0 Å². The molecule has 0 unspecified atom stereocenters. The minimum absolute atomic E-state index is 0.898. The summed E-state index contributed by atoms with van der Waals surface area (Å²) in [6.07, 6.45) is 2.19. The summed E-state index contributed by atoms with van der Waals surface area (Å²) in [5.74, 6) is 0. The van der Waals surface area contributed by atoms with E-state index in [1.54, 1.807) is 0 Å². The average molecular weight is 323 g/mol. The summed E-state index contributed by atoms with van der Waals surface area (Å²) < 4.78 is 1.20. The van der Waals surface area contributed by atoms with E-state index in [1.807, 2.05) is 11.3 Å². The first-order chi connectivity index (χ1) is 8.79. The molecule has 0 atom stereocenters. The van der Waals surface area contributed by atoms with Crippen LogP contribution in [0.5, 0.6) is 0 Å². The first-order valence-electron chi connectivity index (χ1n) is 6.26. The van der Waals surface area contributed by atoms with Gasteiger partial charge in [0.25, 0.3) is 0 Å². The second-order valence-corrected chi connectivity index (χ2v) is 6.52. The van der Waals surface area contributed by atoms with Crippen molar-refractivity contribution < 1.29 is 0 Å². The number of aromatic nitrogens is 1. The van der Waals surface area contributed by atoms with Gasteiger partial charge in [-0.15, -0.1) is 11.3 Å². The molecule has 1 N–H and O–H groups in total.